The van der Waals surface area contributed by atoms with Crippen molar-refractivity contribution in [1.82, 2.24) is 0 Å². The second-order valence-corrected chi connectivity index (χ2v) is 5.91. The van der Waals surface area contributed by atoms with Crippen molar-refractivity contribution in [3.05, 3.63) is 29.8 Å². The molecule has 18 heavy (non-hydrogen) atoms. The van der Waals surface area contributed by atoms with Gasteiger partial charge in [0.25, 0.3) is 10.1 Å². The van der Waals surface area contributed by atoms with E-state index in [1.165, 1.54) is 0 Å². The number of anilines is 1. The number of rotatable bonds is 6. The lowest BCUT2D eigenvalue weighted by Gasteiger charge is -2.19. The van der Waals surface area contributed by atoms with Gasteiger partial charge in [-0.1, -0.05) is 19.1 Å². The Morgan fingerprint density at radius 1 is 1.39 bits per heavy atom. The van der Waals surface area contributed by atoms with Crippen molar-refractivity contribution >= 4 is 15.8 Å². The maximum atomic E-state index is 10.7. The Morgan fingerprint density at radius 2 is 2.06 bits per heavy atom. The van der Waals surface area contributed by atoms with Gasteiger partial charge < -0.3 is 10.8 Å². The number of benzene rings is 1. The molecule has 0 fully saturated rings. The number of nitrogen functional groups attached to an aromatic ring is 1. The Morgan fingerprint density at radius 3 is 2.56 bits per heavy atom. The zero-order valence-electron chi connectivity index (χ0n) is 10.3. The van der Waals surface area contributed by atoms with Gasteiger partial charge in [0.1, 0.15) is 5.75 Å². The molecule has 0 amide bonds. The average Bonchev–Trinajstić information content (AvgIpc) is 2.23. The minimum atomic E-state index is -4.14. The summed E-state index contributed by atoms with van der Waals surface area (Å²) in [6, 6.07) is 7.30. The van der Waals surface area contributed by atoms with Crippen LogP contribution in [0.5, 0.6) is 0 Å². The molecule has 0 saturated heterocycles. The highest BCUT2D eigenvalue weighted by molar-refractivity contribution is 7.85. The van der Waals surface area contributed by atoms with Crippen LogP contribution in [0.3, 0.4) is 0 Å². The average molecular weight is 273 g/mol. The van der Waals surface area contributed by atoms with Crippen LogP contribution in [0.25, 0.3) is 0 Å². The molecule has 102 valence electrons. The van der Waals surface area contributed by atoms with E-state index < -0.39 is 22.0 Å². The fourth-order valence-corrected chi connectivity index (χ4v) is 2.61. The molecular weight excluding hydrogens is 254 g/mol. The summed E-state index contributed by atoms with van der Waals surface area (Å²) in [6.07, 6.45) is -0.0440. The molecule has 2 atom stereocenters. The summed E-state index contributed by atoms with van der Waals surface area (Å²) in [6.45, 7) is 1.95. The van der Waals surface area contributed by atoms with Gasteiger partial charge in [-0.25, -0.2) is 0 Å². The van der Waals surface area contributed by atoms with Gasteiger partial charge >= 0.3 is 0 Å². The summed E-state index contributed by atoms with van der Waals surface area (Å²) in [4.78, 5) is 0. The normalized spacial score (nSPS) is 15.3. The van der Waals surface area contributed by atoms with Crippen molar-refractivity contribution in [3.8, 4) is 0 Å². The summed E-state index contributed by atoms with van der Waals surface area (Å²) in [5.74, 6) is -0.614. The van der Waals surface area contributed by atoms with Gasteiger partial charge in [-0.2, -0.15) is 8.42 Å². The highest BCUT2D eigenvalue weighted by Crippen LogP contribution is 2.26. The maximum Gasteiger partial charge on any atom is 0.267 e. The number of hydrogen-bond donors (Lipinski definition) is 3. The number of aliphatic hydroxyl groups is 1. The largest absolute Gasteiger partial charge is 0.399 e. The van der Waals surface area contributed by atoms with Crippen LogP contribution in [0.4, 0.5) is 5.69 Å². The number of nitrogens with two attached hydrogens (primary N) is 1. The molecule has 0 radical (unpaired) electrons. The van der Waals surface area contributed by atoms with Crippen molar-refractivity contribution in [2.45, 2.75) is 31.8 Å². The molecule has 4 N–H and O–H groups in total. The first-order valence-corrected chi connectivity index (χ1v) is 7.41. The van der Waals surface area contributed by atoms with Crippen LogP contribution >= 0.6 is 0 Å². The molecule has 1 aromatic carbocycles. The highest BCUT2D eigenvalue weighted by Gasteiger charge is 2.19. The fraction of sp³-hybridized carbons (Fsp3) is 0.500. The Labute approximate surface area is 107 Å². The van der Waals surface area contributed by atoms with Crippen molar-refractivity contribution in [2.75, 3.05) is 11.5 Å². The van der Waals surface area contributed by atoms with E-state index in [9.17, 15) is 13.5 Å². The molecule has 0 heterocycles. The molecule has 1 rings (SSSR count). The predicted molar refractivity (Wildman–Crippen MR) is 70.9 cm³/mol. The Kier molecular flexibility index (Phi) is 5.13. The minimum absolute atomic E-state index is 0.0187. The molecule has 0 spiro atoms. The third kappa shape index (κ3) is 5.03. The zero-order valence-corrected chi connectivity index (χ0v) is 11.1. The van der Waals surface area contributed by atoms with Gasteiger partial charge in [0, 0.05) is 5.69 Å². The van der Waals surface area contributed by atoms with Crippen molar-refractivity contribution < 1.29 is 18.1 Å². The standard InChI is InChI=1S/C12H19NO4S/c1-2-9(7-12(14)8-18(15,16)17)10-4-3-5-11(13)6-10/h3-6,9,12,14H,2,7-8,13H2,1H3,(H,15,16,17). The molecule has 0 aliphatic carbocycles. The lowest BCUT2D eigenvalue weighted by molar-refractivity contribution is 0.173. The lowest BCUT2D eigenvalue weighted by atomic mass is 9.91. The summed E-state index contributed by atoms with van der Waals surface area (Å²) in [7, 11) is -4.14. The molecular formula is C12H19NO4S. The maximum absolute atomic E-state index is 10.7. The highest BCUT2D eigenvalue weighted by atomic mass is 32.2. The Balaban J connectivity index is 2.73. The van der Waals surface area contributed by atoms with E-state index in [0.29, 0.717) is 5.69 Å². The number of hydrogen-bond acceptors (Lipinski definition) is 4. The third-order valence-electron chi connectivity index (χ3n) is 2.83. The molecule has 5 nitrogen and oxygen atoms in total. The number of aliphatic hydroxyl groups excluding tert-OH is 1. The van der Waals surface area contributed by atoms with Crippen molar-refractivity contribution in [1.29, 1.82) is 0 Å². The summed E-state index contributed by atoms with van der Waals surface area (Å²) in [5.41, 5.74) is 7.28. The monoisotopic (exact) mass is 273 g/mol. The first kappa shape index (κ1) is 14.9. The fourth-order valence-electron chi connectivity index (χ4n) is 1.99. The third-order valence-corrected chi connectivity index (χ3v) is 3.64. The van der Waals surface area contributed by atoms with E-state index in [4.69, 9.17) is 10.3 Å². The first-order chi connectivity index (χ1) is 8.31. The van der Waals surface area contributed by atoms with Crippen LogP contribution in [0, 0.1) is 0 Å². The molecule has 6 heteroatoms. The predicted octanol–water partition coefficient (Wildman–Crippen LogP) is 1.40. The molecule has 0 aromatic heterocycles. The van der Waals surface area contributed by atoms with Crippen LogP contribution in [-0.2, 0) is 10.1 Å². The van der Waals surface area contributed by atoms with E-state index in [1.807, 2.05) is 25.1 Å². The van der Waals surface area contributed by atoms with Gasteiger partial charge in [-0.05, 0) is 36.5 Å². The van der Waals surface area contributed by atoms with Crippen LogP contribution in [0.1, 0.15) is 31.2 Å². The van der Waals surface area contributed by atoms with Crippen molar-refractivity contribution in [3.63, 3.8) is 0 Å². The Hall–Kier alpha value is -1.11. The van der Waals surface area contributed by atoms with Gasteiger partial charge in [0.2, 0.25) is 0 Å². The molecule has 0 saturated carbocycles. The second-order valence-electron chi connectivity index (χ2n) is 4.41. The van der Waals surface area contributed by atoms with Gasteiger partial charge in [0.15, 0.2) is 0 Å². The Bertz CT molecular complexity index is 487. The molecule has 0 aliphatic heterocycles. The quantitative estimate of drug-likeness (QED) is 0.537. The SMILES string of the molecule is CCC(CC(O)CS(=O)(=O)O)c1cccc(N)c1. The van der Waals surface area contributed by atoms with Crippen LogP contribution in [-0.4, -0.2) is 29.9 Å². The topological polar surface area (TPSA) is 101 Å². The molecule has 2 unspecified atom stereocenters. The van der Waals surface area contributed by atoms with E-state index >= 15 is 0 Å². The van der Waals surface area contributed by atoms with E-state index in [0.717, 1.165) is 12.0 Å². The van der Waals surface area contributed by atoms with Gasteiger partial charge in [0.05, 0.1) is 6.10 Å². The first-order valence-electron chi connectivity index (χ1n) is 5.80. The summed E-state index contributed by atoms with van der Waals surface area (Å²) < 4.78 is 30.0. The molecule has 1 aromatic rings. The van der Waals surface area contributed by atoms with E-state index in [-0.39, 0.29) is 12.3 Å². The van der Waals surface area contributed by atoms with E-state index in [1.54, 1.807) is 6.07 Å². The summed E-state index contributed by atoms with van der Waals surface area (Å²) in [5, 5.41) is 9.65. The smallest absolute Gasteiger partial charge is 0.267 e. The lowest BCUT2D eigenvalue weighted by Crippen LogP contribution is -2.22. The van der Waals surface area contributed by atoms with Gasteiger partial charge in [-0.15, -0.1) is 0 Å². The second kappa shape index (κ2) is 6.17. The zero-order chi connectivity index (χ0) is 13.8. The van der Waals surface area contributed by atoms with Crippen LogP contribution < -0.4 is 5.73 Å². The minimum Gasteiger partial charge on any atom is -0.399 e. The van der Waals surface area contributed by atoms with E-state index in [2.05, 4.69) is 0 Å². The van der Waals surface area contributed by atoms with Gasteiger partial charge in [-0.3, -0.25) is 4.55 Å². The molecule has 0 aliphatic rings. The molecule has 0 bridgehead atoms. The summed E-state index contributed by atoms with van der Waals surface area (Å²) >= 11 is 0. The van der Waals surface area contributed by atoms with Crippen molar-refractivity contribution in [2.24, 2.45) is 0 Å². The van der Waals surface area contributed by atoms with Crippen LogP contribution in [0.15, 0.2) is 24.3 Å². The van der Waals surface area contributed by atoms with Crippen LogP contribution in [0.2, 0.25) is 0 Å².